The second kappa shape index (κ2) is 38.0. The molecule has 6 heteroatoms. The predicted octanol–water partition coefficient (Wildman–Crippen LogP) is 7.69. The molecule has 0 unspecified atom stereocenters. The lowest BCUT2D eigenvalue weighted by Gasteiger charge is -2.08. The summed E-state index contributed by atoms with van der Waals surface area (Å²) in [5.41, 5.74) is 0. The summed E-state index contributed by atoms with van der Waals surface area (Å²) >= 11 is 0. The van der Waals surface area contributed by atoms with Crippen LogP contribution < -0.4 is 16.0 Å². The van der Waals surface area contributed by atoms with Gasteiger partial charge in [-0.3, -0.25) is 0 Å². The maximum Gasteiger partial charge on any atom is 0.00767 e. The predicted molar refractivity (Wildman–Crippen MR) is 150 cm³/mol. The van der Waals surface area contributed by atoms with E-state index in [4.69, 9.17) is 0 Å². The van der Waals surface area contributed by atoms with Gasteiger partial charge in [-0.2, -0.15) is 0 Å². The first kappa shape index (κ1) is 39.0. The first-order valence-electron chi connectivity index (χ1n) is 13.0. The Morgan fingerprint density at radius 2 is 0.548 bits per heavy atom. The molecule has 0 aromatic carbocycles. The Balaban J connectivity index is -0.00000121. The molecule has 0 aliphatic heterocycles. The van der Waals surface area contributed by atoms with Crippen LogP contribution in [-0.4, -0.2) is 39.3 Å². The van der Waals surface area contributed by atoms with Crippen molar-refractivity contribution in [1.29, 1.82) is 0 Å². The molecule has 0 aliphatic rings. The molecule has 194 valence electrons. The topological polar surface area (TPSA) is 36.1 Å². The summed E-state index contributed by atoms with van der Waals surface area (Å²) in [5, 5.41) is 10.7. The van der Waals surface area contributed by atoms with Gasteiger partial charge in [0.25, 0.3) is 0 Å². The number of unbranched alkanes of at least 4 members (excludes halogenated alkanes) is 14. The van der Waals surface area contributed by atoms with Gasteiger partial charge in [0.2, 0.25) is 0 Å². The van der Waals surface area contributed by atoms with Gasteiger partial charge in [-0.05, 0) is 45.4 Å². The van der Waals surface area contributed by atoms with Crippen molar-refractivity contribution in [3.8, 4) is 0 Å². The van der Waals surface area contributed by atoms with Gasteiger partial charge in [0.15, 0.2) is 0 Å². The van der Waals surface area contributed by atoms with Crippen molar-refractivity contribution in [3.05, 3.63) is 0 Å². The van der Waals surface area contributed by atoms with Gasteiger partial charge in [0.1, 0.15) is 0 Å². The molecule has 31 heavy (non-hydrogen) atoms. The molecule has 0 spiro atoms. The van der Waals surface area contributed by atoms with Gasteiger partial charge < -0.3 is 16.0 Å². The molecule has 0 aliphatic carbocycles. The summed E-state index contributed by atoms with van der Waals surface area (Å²) in [6.45, 7) is 11.5. The van der Waals surface area contributed by atoms with Crippen LogP contribution >= 0.6 is 37.2 Å². The van der Waals surface area contributed by atoms with E-state index in [-0.39, 0.29) is 37.2 Å². The van der Waals surface area contributed by atoms with E-state index in [2.05, 4.69) is 29.8 Å². The van der Waals surface area contributed by atoms with Crippen molar-refractivity contribution in [2.45, 2.75) is 123 Å². The van der Waals surface area contributed by atoms with Crippen LogP contribution in [0.4, 0.5) is 0 Å². The van der Waals surface area contributed by atoms with E-state index in [0.29, 0.717) is 0 Å². The summed E-state index contributed by atoms with van der Waals surface area (Å²) in [6, 6.07) is 0. The van der Waals surface area contributed by atoms with Crippen LogP contribution in [0.25, 0.3) is 0 Å². The summed E-state index contributed by atoms with van der Waals surface area (Å²) in [4.78, 5) is 0. The molecule has 0 rings (SSSR count). The zero-order chi connectivity index (χ0) is 20.4. The molecule has 0 aromatic heterocycles. The molecule has 0 bridgehead atoms. The van der Waals surface area contributed by atoms with Crippen LogP contribution in [0.5, 0.6) is 0 Å². The molecule has 0 radical (unpaired) electrons. The number of rotatable bonds is 25. The number of nitrogens with one attached hydrogen (secondary N) is 3. The Labute approximate surface area is 215 Å². The van der Waals surface area contributed by atoms with E-state index >= 15 is 0 Å². The van der Waals surface area contributed by atoms with Crippen LogP contribution in [-0.2, 0) is 0 Å². The Morgan fingerprint density at radius 3 is 0.903 bits per heavy atom. The zero-order valence-electron chi connectivity index (χ0n) is 21.0. The molecule has 0 aromatic rings. The maximum absolute atomic E-state index is 3.59. The first-order valence-corrected chi connectivity index (χ1v) is 13.0. The minimum atomic E-state index is 0. The fourth-order valence-corrected chi connectivity index (χ4v) is 3.66. The van der Waals surface area contributed by atoms with E-state index in [1.54, 1.807) is 0 Å². The quantitative estimate of drug-likeness (QED) is 0.111. The summed E-state index contributed by atoms with van der Waals surface area (Å²) in [5.74, 6) is 0. The lowest BCUT2D eigenvalue weighted by Crippen LogP contribution is -2.30. The first-order chi connectivity index (χ1) is 13.9. The lowest BCUT2D eigenvalue weighted by molar-refractivity contribution is 0.531. The minimum Gasteiger partial charge on any atom is -0.317 e. The standard InChI is InChI=1S/C25H55N3.3ClH/c1-3-5-7-9-11-13-15-17-20-26-22-19-23-28-25-24-27-21-18-16-14-12-10-8-6-4-2;;;/h26-28H,3-25H2,1-2H3;3*1H. The van der Waals surface area contributed by atoms with Crippen LogP contribution in [0.3, 0.4) is 0 Å². The molecule has 0 amide bonds. The third-order valence-electron chi connectivity index (χ3n) is 5.60. The monoisotopic (exact) mass is 505 g/mol. The van der Waals surface area contributed by atoms with E-state index in [1.807, 2.05) is 0 Å². The average Bonchev–Trinajstić information content (AvgIpc) is 2.71. The maximum atomic E-state index is 3.59. The third-order valence-corrected chi connectivity index (χ3v) is 5.60. The summed E-state index contributed by atoms with van der Waals surface area (Å²) in [6.07, 6.45) is 23.8. The van der Waals surface area contributed by atoms with E-state index in [9.17, 15) is 0 Å². The molecule has 0 atom stereocenters. The number of hydrogen-bond donors (Lipinski definition) is 3. The summed E-state index contributed by atoms with van der Waals surface area (Å²) in [7, 11) is 0. The summed E-state index contributed by atoms with van der Waals surface area (Å²) < 4.78 is 0. The molecular weight excluding hydrogens is 449 g/mol. The van der Waals surface area contributed by atoms with E-state index in [1.165, 1.54) is 122 Å². The van der Waals surface area contributed by atoms with Crippen molar-refractivity contribution < 1.29 is 0 Å². The van der Waals surface area contributed by atoms with Gasteiger partial charge in [0.05, 0.1) is 0 Å². The highest BCUT2D eigenvalue weighted by Crippen LogP contribution is 2.08. The average molecular weight is 507 g/mol. The van der Waals surface area contributed by atoms with Gasteiger partial charge in [0, 0.05) is 13.1 Å². The van der Waals surface area contributed by atoms with Crippen molar-refractivity contribution >= 4 is 37.2 Å². The Kier molecular flexibility index (Phi) is 47.8. The van der Waals surface area contributed by atoms with E-state index in [0.717, 1.165) is 26.2 Å². The van der Waals surface area contributed by atoms with Crippen molar-refractivity contribution in [1.82, 2.24) is 16.0 Å². The molecule has 0 saturated carbocycles. The van der Waals surface area contributed by atoms with Gasteiger partial charge >= 0.3 is 0 Å². The Hall–Kier alpha value is 0.750. The van der Waals surface area contributed by atoms with Crippen molar-refractivity contribution in [3.63, 3.8) is 0 Å². The minimum absolute atomic E-state index is 0. The van der Waals surface area contributed by atoms with Crippen LogP contribution in [0, 0.1) is 0 Å². The fourth-order valence-electron chi connectivity index (χ4n) is 3.66. The second-order valence-electron chi connectivity index (χ2n) is 8.55. The van der Waals surface area contributed by atoms with Gasteiger partial charge in [-0.1, -0.05) is 104 Å². The zero-order valence-corrected chi connectivity index (χ0v) is 23.4. The van der Waals surface area contributed by atoms with Crippen LogP contribution in [0.1, 0.15) is 123 Å². The number of hydrogen-bond acceptors (Lipinski definition) is 3. The van der Waals surface area contributed by atoms with Gasteiger partial charge in [-0.15, -0.1) is 37.2 Å². The highest BCUT2D eigenvalue weighted by atomic mass is 35.5. The van der Waals surface area contributed by atoms with Crippen molar-refractivity contribution in [2.24, 2.45) is 0 Å². The molecule has 0 heterocycles. The van der Waals surface area contributed by atoms with E-state index < -0.39 is 0 Å². The Bertz CT molecular complexity index is 246. The van der Waals surface area contributed by atoms with Crippen molar-refractivity contribution in [2.75, 3.05) is 39.3 Å². The smallest absolute Gasteiger partial charge is 0.00767 e. The second-order valence-corrected chi connectivity index (χ2v) is 8.55. The SMILES string of the molecule is CCCCCCCCCCNCCCNCCNCCCCCCCCCC.Cl.Cl.Cl. The number of halogens is 3. The highest BCUT2D eigenvalue weighted by Gasteiger charge is 1.94. The molecule has 3 N–H and O–H groups in total. The Morgan fingerprint density at radius 1 is 0.290 bits per heavy atom. The normalized spacial score (nSPS) is 10.3. The molecule has 0 fully saturated rings. The van der Waals surface area contributed by atoms with Crippen LogP contribution in [0.15, 0.2) is 0 Å². The fraction of sp³-hybridized carbons (Fsp3) is 1.00. The van der Waals surface area contributed by atoms with Gasteiger partial charge in [-0.25, -0.2) is 0 Å². The molecular formula is C25H58Cl3N3. The highest BCUT2D eigenvalue weighted by molar-refractivity contribution is 5.86. The third kappa shape index (κ3) is 38.3. The largest absolute Gasteiger partial charge is 0.317 e. The molecule has 0 saturated heterocycles. The van der Waals surface area contributed by atoms with Crippen LogP contribution in [0.2, 0.25) is 0 Å². The lowest BCUT2D eigenvalue weighted by atomic mass is 10.1. The molecule has 3 nitrogen and oxygen atoms in total.